The van der Waals surface area contributed by atoms with E-state index in [0.29, 0.717) is 12.6 Å². The van der Waals surface area contributed by atoms with Crippen LogP contribution in [0.4, 0.5) is 4.39 Å². The standard InChI is InChI=1S/C9H14FNO2/c10-9(8(12)13)4-5-11(6-9)7-2-1-3-7/h7H,1-6H2,(H,12,13)/t9-/m1/s1. The Balaban J connectivity index is 1.96. The zero-order chi connectivity index (χ0) is 9.47. The van der Waals surface area contributed by atoms with Gasteiger partial charge in [-0.15, -0.1) is 0 Å². The molecule has 3 nitrogen and oxygen atoms in total. The van der Waals surface area contributed by atoms with Gasteiger partial charge in [-0.25, -0.2) is 9.18 Å². The molecule has 74 valence electrons. The highest BCUT2D eigenvalue weighted by atomic mass is 19.1. The molecule has 2 rings (SSSR count). The smallest absolute Gasteiger partial charge is 0.342 e. The number of carbonyl (C=O) groups is 1. The average molecular weight is 187 g/mol. The van der Waals surface area contributed by atoms with Crippen LogP contribution >= 0.6 is 0 Å². The van der Waals surface area contributed by atoms with Crippen molar-refractivity contribution in [2.75, 3.05) is 13.1 Å². The lowest BCUT2D eigenvalue weighted by Crippen LogP contribution is -2.43. The maximum absolute atomic E-state index is 13.6. The van der Waals surface area contributed by atoms with Crippen LogP contribution in [0, 0.1) is 0 Å². The van der Waals surface area contributed by atoms with Gasteiger partial charge in [0.15, 0.2) is 0 Å². The second-order valence-corrected chi connectivity index (χ2v) is 4.08. The van der Waals surface area contributed by atoms with E-state index in [2.05, 4.69) is 0 Å². The number of carboxylic acid groups (broad SMARTS) is 1. The molecule has 0 aromatic carbocycles. The highest BCUT2D eigenvalue weighted by Crippen LogP contribution is 2.33. The van der Waals surface area contributed by atoms with E-state index >= 15 is 0 Å². The van der Waals surface area contributed by atoms with Gasteiger partial charge in [-0.1, -0.05) is 6.42 Å². The van der Waals surface area contributed by atoms with Gasteiger partial charge in [0, 0.05) is 25.6 Å². The number of aliphatic carboxylic acids is 1. The van der Waals surface area contributed by atoms with Crippen molar-refractivity contribution < 1.29 is 14.3 Å². The summed E-state index contributed by atoms with van der Waals surface area (Å²) in [5.41, 5.74) is -1.98. The molecule has 1 aliphatic carbocycles. The molecular formula is C9H14FNO2. The molecular weight excluding hydrogens is 173 g/mol. The van der Waals surface area contributed by atoms with E-state index in [1.807, 2.05) is 4.90 Å². The highest BCUT2D eigenvalue weighted by Gasteiger charge is 2.47. The van der Waals surface area contributed by atoms with Crippen LogP contribution in [0.5, 0.6) is 0 Å². The summed E-state index contributed by atoms with van der Waals surface area (Å²) < 4.78 is 13.6. The largest absolute Gasteiger partial charge is 0.479 e. The minimum Gasteiger partial charge on any atom is -0.479 e. The van der Waals surface area contributed by atoms with Crippen molar-refractivity contribution in [1.82, 2.24) is 4.90 Å². The number of carboxylic acids is 1. The minimum absolute atomic E-state index is 0.0903. The van der Waals surface area contributed by atoms with Crippen molar-refractivity contribution in [2.45, 2.75) is 37.4 Å². The number of alkyl halides is 1. The molecule has 0 bridgehead atoms. The fraction of sp³-hybridized carbons (Fsp3) is 0.889. The molecule has 0 unspecified atom stereocenters. The summed E-state index contributed by atoms with van der Waals surface area (Å²) in [6.45, 7) is 0.695. The van der Waals surface area contributed by atoms with Crippen molar-refractivity contribution >= 4 is 5.97 Å². The van der Waals surface area contributed by atoms with E-state index in [0.717, 1.165) is 12.8 Å². The van der Waals surface area contributed by atoms with Crippen molar-refractivity contribution in [3.8, 4) is 0 Å². The van der Waals surface area contributed by atoms with Crippen LogP contribution in [0.1, 0.15) is 25.7 Å². The van der Waals surface area contributed by atoms with E-state index in [1.165, 1.54) is 6.42 Å². The van der Waals surface area contributed by atoms with Gasteiger partial charge in [0.1, 0.15) is 0 Å². The molecule has 0 aromatic rings. The zero-order valence-corrected chi connectivity index (χ0v) is 7.50. The van der Waals surface area contributed by atoms with Crippen molar-refractivity contribution in [3.63, 3.8) is 0 Å². The lowest BCUT2D eigenvalue weighted by Gasteiger charge is -2.34. The van der Waals surface area contributed by atoms with Crippen LogP contribution in [0.25, 0.3) is 0 Å². The van der Waals surface area contributed by atoms with Gasteiger partial charge in [-0.05, 0) is 12.8 Å². The molecule has 2 aliphatic rings. The Morgan fingerprint density at radius 2 is 2.23 bits per heavy atom. The molecule has 1 aliphatic heterocycles. The SMILES string of the molecule is O=C(O)[C@@]1(F)CCN(C2CCC2)C1. The molecule has 1 saturated heterocycles. The lowest BCUT2D eigenvalue weighted by atomic mass is 9.92. The topological polar surface area (TPSA) is 40.5 Å². The Morgan fingerprint density at radius 1 is 1.54 bits per heavy atom. The Hall–Kier alpha value is -0.640. The third-order valence-corrected chi connectivity index (χ3v) is 3.22. The normalized spacial score (nSPS) is 36.1. The van der Waals surface area contributed by atoms with Crippen molar-refractivity contribution in [3.05, 3.63) is 0 Å². The molecule has 1 heterocycles. The number of rotatable bonds is 2. The van der Waals surface area contributed by atoms with E-state index in [9.17, 15) is 9.18 Å². The molecule has 0 radical (unpaired) electrons. The van der Waals surface area contributed by atoms with Gasteiger partial charge in [-0.3, -0.25) is 4.90 Å². The fourth-order valence-corrected chi connectivity index (χ4v) is 2.04. The van der Waals surface area contributed by atoms with E-state index in [1.54, 1.807) is 0 Å². The molecule has 1 saturated carbocycles. The molecule has 0 aromatic heterocycles. The second-order valence-electron chi connectivity index (χ2n) is 4.08. The van der Waals surface area contributed by atoms with Gasteiger partial charge in [0.05, 0.1) is 0 Å². The summed E-state index contributed by atoms with van der Waals surface area (Å²) in [6, 6.07) is 0.456. The summed E-state index contributed by atoms with van der Waals surface area (Å²) >= 11 is 0. The third-order valence-electron chi connectivity index (χ3n) is 3.22. The number of halogens is 1. The minimum atomic E-state index is -1.98. The van der Waals surface area contributed by atoms with E-state index < -0.39 is 11.6 Å². The highest BCUT2D eigenvalue weighted by molar-refractivity contribution is 5.78. The molecule has 1 N–H and O–H groups in total. The van der Waals surface area contributed by atoms with Crippen LogP contribution in [-0.4, -0.2) is 40.8 Å². The van der Waals surface area contributed by atoms with Crippen molar-refractivity contribution in [2.24, 2.45) is 0 Å². The molecule has 0 amide bonds. The summed E-state index contributed by atoms with van der Waals surface area (Å²) in [4.78, 5) is 12.6. The van der Waals surface area contributed by atoms with Crippen molar-refractivity contribution in [1.29, 1.82) is 0 Å². The Labute approximate surface area is 76.5 Å². The van der Waals surface area contributed by atoms with Crippen LogP contribution in [0.2, 0.25) is 0 Å². The fourth-order valence-electron chi connectivity index (χ4n) is 2.04. The van der Waals surface area contributed by atoms with Gasteiger partial charge < -0.3 is 5.11 Å². The first-order valence-electron chi connectivity index (χ1n) is 4.78. The predicted octanol–water partition coefficient (Wildman–Crippen LogP) is 1.04. The van der Waals surface area contributed by atoms with Gasteiger partial charge in [-0.2, -0.15) is 0 Å². The molecule has 2 fully saturated rings. The zero-order valence-electron chi connectivity index (χ0n) is 7.50. The Kier molecular flexibility index (Phi) is 2.02. The predicted molar refractivity (Wildman–Crippen MR) is 45.3 cm³/mol. The summed E-state index contributed by atoms with van der Waals surface area (Å²) in [6.07, 6.45) is 3.57. The van der Waals surface area contributed by atoms with Crippen LogP contribution in [0.15, 0.2) is 0 Å². The average Bonchev–Trinajstić information content (AvgIpc) is 2.30. The number of likely N-dealkylation sites (tertiary alicyclic amines) is 1. The summed E-state index contributed by atoms with van der Waals surface area (Å²) in [5.74, 6) is -1.30. The number of hydrogen-bond acceptors (Lipinski definition) is 2. The Morgan fingerprint density at radius 3 is 2.62 bits per heavy atom. The van der Waals surface area contributed by atoms with Crippen LogP contribution in [0.3, 0.4) is 0 Å². The maximum atomic E-state index is 13.6. The lowest BCUT2D eigenvalue weighted by molar-refractivity contribution is -0.150. The quantitative estimate of drug-likeness (QED) is 0.702. The number of hydrogen-bond donors (Lipinski definition) is 1. The first-order valence-corrected chi connectivity index (χ1v) is 4.78. The molecule has 13 heavy (non-hydrogen) atoms. The monoisotopic (exact) mass is 187 g/mol. The first kappa shape index (κ1) is 8.94. The van der Waals surface area contributed by atoms with Gasteiger partial charge in [0.25, 0.3) is 0 Å². The molecule has 1 atom stereocenters. The van der Waals surface area contributed by atoms with E-state index in [4.69, 9.17) is 5.11 Å². The third kappa shape index (κ3) is 1.43. The van der Waals surface area contributed by atoms with Crippen LogP contribution < -0.4 is 0 Å². The first-order chi connectivity index (χ1) is 6.12. The second kappa shape index (κ2) is 2.94. The summed E-state index contributed by atoms with van der Waals surface area (Å²) in [7, 11) is 0. The maximum Gasteiger partial charge on any atom is 0.342 e. The molecule has 4 heteroatoms. The van der Waals surface area contributed by atoms with Gasteiger partial charge in [0.2, 0.25) is 5.67 Å². The van der Waals surface area contributed by atoms with E-state index in [-0.39, 0.29) is 13.0 Å². The Bertz CT molecular complexity index is 230. The van der Waals surface area contributed by atoms with Crippen LogP contribution in [-0.2, 0) is 4.79 Å². The van der Waals surface area contributed by atoms with Gasteiger partial charge >= 0.3 is 5.97 Å². The summed E-state index contributed by atoms with van der Waals surface area (Å²) in [5, 5.41) is 8.66. The molecule has 0 spiro atoms. The number of nitrogens with zero attached hydrogens (tertiary/aromatic N) is 1.